The number of nitrogens with one attached hydrogen (secondary N) is 1. The molecule has 0 radical (unpaired) electrons. The van der Waals surface area contributed by atoms with E-state index in [1.54, 1.807) is 24.3 Å². The first-order valence-corrected chi connectivity index (χ1v) is 4.98. The highest BCUT2D eigenvalue weighted by molar-refractivity contribution is 5.67. The van der Waals surface area contributed by atoms with Crippen LogP contribution in [0.3, 0.4) is 0 Å². The third-order valence-electron chi connectivity index (χ3n) is 2.10. The van der Waals surface area contributed by atoms with E-state index in [9.17, 15) is 10.4 Å². The normalized spacial score (nSPS) is 10.9. The summed E-state index contributed by atoms with van der Waals surface area (Å²) in [6.45, 7) is 3.73. The molecule has 1 aromatic heterocycles. The van der Waals surface area contributed by atoms with E-state index in [2.05, 4.69) is 10.4 Å². The van der Waals surface area contributed by atoms with Crippen LogP contribution in [0, 0.1) is 10.4 Å². The standard InChI is InChI=1S/C10H12N4O2/c1-7(2)11-10-12-14(16)9-6-4-3-5-8(9)13(10)15/h3-7H,1-2H3,(H,11,12). The van der Waals surface area contributed by atoms with Gasteiger partial charge in [0.15, 0.2) is 5.52 Å². The first kappa shape index (κ1) is 10.4. The maximum atomic E-state index is 11.9. The van der Waals surface area contributed by atoms with Gasteiger partial charge in [0.25, 0.3) is 5.52 Å². The molecule has 0 bridgehead atoms. The molecule has 1 aromatic carbocycles. The Hall–Kier alpha value is -2.11. The molecule has 2 rings (SSSR count). The van der Waals surface area contributed by atoms with Gasteiger partial charge in [0.05, 0.1) is 6.04 Å². The average molecular weight is 220 g/mol. The second-order valence-corrected chi connectivity index (χ2v) is 3.78. The fourth-order valence-corrected chi connectivity index (χ4v) is 1.44. The molecule has 0 aliphatic carbocycles. The molecule has 0 atom stereocenters. The molecule has 1 N–H and O–H groups in total. The lowest BCUT2D eigenvalue weighted by molar-refractivity contribution is -0.672. The van der Waals surface area contributed by atoms with Gasteiger partial charge >= 0.3 is 5.95 Å². The first-order chi connectivity index (χ1) is 7.59. The molecule has 0 amide bonds. The second kappa shape index (κ2) is 3.80. The van der Waals surface area contributed by atoms with E-state index >= 15 is 0 Å². The van der Waals surface area contributed by atoms with E-state index in [4.69, 9.17) is 0 Å². The van der Waals surface area contributed by atoms with Crippen LogP contribution in [-0.4, -0.2) is 11.1 Å². The number of rotatable bonds is 2. The van der Waals surface area contributed by atoms with Crippen molar-refractivity contribution in [2.24, 2.45) is 0 Å². The van der Waals surface area contributed by atoms with E-state index in [0.29, 0.717) is 15.1 Å². The van der Waals surface area contributed by atoms with Gasteiger partial charge in [0.1, 0.15) is 0 Å². The van der Waals surface area contributed by atoms with Crippen LogP contribution in [0.25, 0.3) is 11.0 Å². The van der Waals surface area contributed by atoms with Gasteiger partial charge in [-0.1, -0.05) is 12.1 Å². The van der Waals surface area contributed by atoms with Crippen LogP contribution < -0.4 is 14.9 Å². The molecule has 0 saturated carbocycles. The van der Waals surface area contributed by atoms with Gasteiger partial charge in [-0.15, -0.1) is 0 Å². The largest absolute Gasteiger partial charge is 0.739 e. The van der Waals surface area contributed by atoms with Gasteiger partial charge in [-0.05, 0) is 19.9 Å². The van der Waals surface area contributed by atoms with Crippen LogP contribution in [0.5, 0.6) is 0 Å². The Morgan fingerprint density at radius 1 is 1.19 bits per heavy atom. The molecule has 0 aliphatic rings. The molecule has 1 heterocycles. The fraction of sp³-hybridized carbons (Fsp3) is 0.300. The van der Waals surface area contributed by atoms with Gasteiger partial charge < -0.3 is 10.4 Å². The van der Waals surface area contributed by atoms with E-state index in [-0.39, 0.29) is 17.5 Å². The number of para-hydroxylation sites is 2. The number of nitrogens with zero attached hydrogens (tertiary/aromatic N) is 3. The van der Waals surface area contributed by atoms with Crippen LogP contribution in [0.2, 0.25) is 0 Å². The zero-order valence-electron chi connectivity index (χ0n) is 9.04. The van der Waals surface area contributed by atoms with Crippen LogP contribution >= 0.6 is 0 Å². The molecular weight excluding hydrogens is 208 g/mol. The molecule has 6 nitrogen and oxygen atoms in total. The molecule has 6 heteroatoms. The zero-order chi connectivity index (χ0) is 11.7. The zero-order valence-corrected chi connectivity index (χ0v) is 9.04. The number of fused-ring (bicyclic) bond motifs is 1. The smallest absolute Gasteiger partial charge is 0.461 e. The van der Waals surface area contributed by atoms with Crippen molar-refractivity contribution in [2.75, 3.05) is 5.32 Å². The SMILES string of the molecule is CC(C)Nc1n[n+]([O-])c2ccccc2[n+]1[O-]. The summed E-state index contributed by atoms with van der Waals surface area (Å²) >= 11 is 0. The van der Waals surface area contributed by atoms with Crippen molar-refractivity contribution in [3.63, 3.8) is 0 Å². The van der Waals surface area contributed by atoms with Gasteiger partial charge in [0.2, 0.25) is 5.10 Å². The maximum absolute atomic E-state index is 11.9. The summed E-state index contributed by atoms with van der Waals surface area (Å²) in [4.78, 5) is 0.453. The van der Waals surface area contributed by atoms with Gasteiger partial charge in [-0.3, -0.25) is 5.32 Å². The van der Waals surface area contributed by atoms with Crippen molar-refractivity contribution >= 4 is 17.0 Å². The van der Waals surface area contributed by atoms with Crippen molar-refractivity contribution in [3.8, 4) is 0 Å². The van der Waals surface area contributed by atoms with Crippen LogP contribution in [0.1, 0.15) is 13.8 Å². The van der Waals surface area contributed by atoms with E-state index in [0.717, 1.165) is 0 Å². The third-order valence-corrected chi connectivity index (χ3v) is 2.10. The Morgan fingerprint density at radius 2 is 1.81 bits per heavy atom. The van der Waals surface area contributed by atoms with Gasteiger partial charge in [-0.25, -0.2) is 4.73 Å². The monoisotopic (exact) mass is 220 g/mol. The average Bonchev–Trinajstić information content (AvgIpc) is 2.25. The predicted octanol–water partition coefficient (Wildman–Crippen LogP) is 0.322. The summed E-state index contributed by atoms with van der Waals surface area (Å²) in [5, 5.41) is 29.9. The summed E-state index contributed by atoms with van der Waals surface area (Å²) in [6.07, 6.45) is 0. The van der Waals surface area contributed by atoms with Gasteiger partial charge in [-0.2, -0.15) is 0 Å². The molecule has 0 aliphatic heterocycles. The van der Waals surface area contributed by atoms with Crippen molar-refractivity contribution in [3.05, 3.63) is 34.7 Å². The minimum Gasteiger partial charge on any atom is -0.739 e. The Morgan fingerprint density at radius 3 is 2.44 bits per heavy atom. The second-order valence-electron chi connectivity index (χ2n) is 3.78. The number of hydrogen-bond acceptors (Lipinski definition) is 4. The summed E-state index contributed by atoms with van der Waals surface area (Å²) in [7, 11) is 0. The van der Waals surface area contributed by atoms with Crippen LogP contribution in [0.4, 0.5) is 5.95 Å². The Bertz CT molecular complexity index is 527. The highest BCUT2D eigenvalue weighted by Crippen LogP contribution is 2.05. The summed E-state index contributed by atoms with van der Waals surface area (Å²) < 4.78 is 0.629. The van der Waals surface area contributed by atoms with Crippen LogP contribution in [-0.2, 0) is 0 Å². The summed E-state index contributed by atoms with van der Waals surface area (Å²) in [5.41, 5.74) is 0.558. The van der Waals surface area contributed by atoms with Crippen molar-refractivity contribution < 1.29 is 9.58 Å². The van der Waals surface area contributed by atoms with Crippen molar-refractivity contribution in [1.29, 1.82) is 0 Å². The van der Waals surface area contributed by atoms with E-state index in [1.165, 1.54) is 0 Å². The highest BCUT2D eigenvalue weighted by atomic mass is 16.5. The molecular formula is C10H12N4O2. The van der Waals surface area contributed by atoms with Crippen molar-refractivity contribution in [1.82, 2.24) is 5.10 Å². The Labute approximate surface area is 92.3 Å². The van der Waals surface area contributed by atoms with Crippen molar-refractivity contribution in [2.45, 2.75) is 19.9 Å². The first-order valence-electron chi connectivity index (χ1n) is 4.98. The van der Waals surface area contributed by atoms with E-state index in [1.807, 2.05) is 13.8 Å². The third kappa shape index (κ3) is 1.69. The molecule has 0 fully saturated rings. The van der Waals surface area contributed by atoms with Gasteiger partial charge in [0, 0.05) is 10.9 Å². The predicted molar refractivity (Wildman–Crippen MR) is 58.4 cm³/mol. The summed E-state index contributed by atoms with van der Waals surface area (Å²) in [6, 6.07) is 6.57. The summed E-state index contributed by atoms with van der Waals surface area (Å²) in [5.74, 6) is 0.0173. The minimum atomic E-state index is 0.0173. The number of hydrogen-bond donors (Lipinski definition) is 1. The molecule has 0 spiro atoms. The fourth-order valence-electron chi connectivity index (χ4n) is 1.44. The molecule has 16 heavy (non-hydrogen) atoms. The lowest BCUT2D eigenvalue weighted by Crippen LogP contribution is -2.44. The topological polar surface area (TPSA) is 78.8 Å². The molecule has 0 saturated heterocycles. The van der Waals surface area contributed by atoms with Crippen LogP contribution in [0.15, 0.2) is 24.3 Å². The molecule has 2 aromatic rings. The quantitative estimate of drug-likeness (QED) is 0.584. The highest BCUT2D eigenvalue weighted by Gasteiger charge is 2.19. The Kier molecular flexibility index (Phi) is 2.47. The minimum absolute atomic E-state index is 0.0173. The number of aromatic nitrogens is 3. The molecule has 84 valence electrons. The Balaban J connectivity index is 2.65. The maximum Gasteiger partial charge on any atom is 0.461 e. The lowest BCUT2D eigenvalue weighted by atomic mass is 10.3. The molecule has 0 unspecified atom stereocenters. The number of benzene rings is 1. The lowest BCUT2D eigenvalue weighted by Gasteiger charge is -2.10. The number of anilines is 1. The van der Waals surface area contributed by atoms with E-state index < -0.39 is 0 Å².